The molecule has 0 aliphatic heterocycles. The van der Waals surface area contributed by atoms with Gasteiger partial charge < -0.3 is 11.1 Å². The van der Waals surface area contributed by atoms with E-state index in [0.717, 1.165) is 6.42 Å². The molecule has 20 heavy (non-hydrogen) atoms. The molecule has 0 aliphatic carbocycles. The molecule has 5 heteroatoms. The zero-order valence-corrected chi connectivity index (χ0v) is 13.0. The molecule has 1 amide bonds. The number of aryl methyl sites for hydroxylation is 1. The van der Waals surface area contributed by atoms with E-state index in [1.54, 1.807) is 29.5 Å². The van der Waals surface area contributed by atoms with Crippen molar-refractivity contribution in [1.82, 2.24) is 5.32 Å². The molecule has 0 saturated carbocycles. The second-order valence-corrected chi connectivity index (χ2v) is 6.63. The smallest absolute Gasteiger partial charge is 0.253 e. The minimum atomic E-state index is -0.167. The quantitative estimate of drug-likeness (QED) is 0.847. The predicted octanol–water partition coefficient (Wildman–Crippen LogP) is 3.65. The van der Waals surface area contributed by atoms with Crippen LogP contribution in [0.1, 0.15) is 27.0 Å². The Morgan fingerprint density at radius 3 is 2.75 bits per heavy atom. The van der Waals surface area contributed by atoms with Gasteiger partial charge in [-0.25, -0.2) is 0 Å². The summed E-state index contributed by atoms with van der Waals surface area (Å²) >= 11 is 7.58. The number of nitrogens with two attached hydrogens (primary N) is 1. The van der Waals surface area contributed by atoms with Crippen LogP contribution in [0.15, 0.2) is 30.3 Å². The summed E-state index contributed by atoms with van der Waals surface area (Å²) in [4.78, 5) is 14.7. The first-order valence-corrected chi connectivity index (χ1v) is 7.56. The van der Waals surface area contributed by atoms with Gasteiger partial charge >= 0.3 is 0 Å². The van der Waals surface area contributed by atoms with E-state index < -0.39 is 0 Å². The van der Waals surface area contributed by atoms with Gasteiger partial charge in [0, 0.05) is 32.9 Å². The molecule has 0 saturated heterocycles. The van der Waals surface area contributed by atoms with Gasteiger partial charge in [-0.3, -0.25) is 4.79 Å². The summed E-state index contributed by atoms with van der Waals surface area (Å²) in [7, 11) is 0. The first-order chi connectivity index (χ1) is 9.45. The topological polar surface area (TPSA) is 55.1 Å². The lowest BCUT2D eigenvalue weighted by Crippen LogP contribution is -2.34. The Kier molecular flexibility index (Phi) is 4.68. The molecule has 0 bridgehead atoms. The van der Waals surface area contributed by atoms with Crippen molar-refractivity contribution < 1.29 is 4.79 Å². The Bertz CT molecular complexity index is 624. The molecule has 3 N–H and O–H groups in total. The van der Waals surface area contributed by atoms with Crippen LogP contribution in [0, 0.1) is 6.92 Å². The molecule has 0 radical (unpaired) electrons. The first kappa shape index (κ1) is 14.9. The molecule has 2 rings (SSSR count). The maximum atomic E-state index is 12.2. The molecule has 0 fully saturated rings. The van der Waals surface area contributed by atoms with Crippen LogP contribution >= 0.6 is 22.9 Å². The number of rotatable bonds is 4. The maximum Gasteiger partial charge on any atom is 0.253 e. The fourth-order valence-electron chi connectivity index (χ4n) is 1.99. The molecule has 1 aromatic carbocycles. The Morgan fingerprint density at radius 2 is 2.15 bits per heavy atom. The van der Waals surface area contributed by atoms with Crippen LogP contribution in [-0.4, -0.2) is 11.9 Å². The monoisotopic (exact) mass is 308 g/mol. The number of nitrogens with one attached hydrogen (secondary N) is 1. The summed E-state index contributed by atoms with van der Waals surface area (Å²) < 4.78 is 0. The summed E-state index contributed by atoms with van der Waals surface area (Å²) in [5.41, 5.74) is 6.67. The van der Waals surface area contributed by atoms with Crippen molar-refractivity contribution in [1.29, 1.82) is 0 Å². The molecule has 106 valence electrons. The van der Waals surface area contributed by atoms with Crippen molar-refractivity contribution in [2.24, 2.45) is 0 Å². The highest BCUT2D eigenvalue weighted by molar-refractivity contribution is 7.11. The summed E-state index contributed by atoms with van der Waals surface area (Å²) in [6.45, 7) is 4.06. The van der Waals surface area contributed by atoms with Crippen molar-refractivity contribution in [3.63, 3.8) is 0 Å². The van der Waals surface area contributed by atoms with Gasteiger partial charge in [-0.15, -0.1) is 11.3 Å². The van der Waals surface area contributed by atoms with Crippen LogP contribution in [0.25, 0.3) is 0 Å². The number of halogens is 1. The van der Waals surface area contributed by atoms with Gasteiger partial charge in [0.25, 0.3) is 5.91 Å². The van der Waals surface area contributed by atoms with Crippen LogP contribution in [-0.2, 0) is 6.42 Å². The predicted molar refractivity (Wildman–Crippen MR) is 85.6 cm³/mol. The SMILES string of the molecule is Cc1ccc(CC(C)NC(=O)c2ccc(Cl)cc2N)s1. The van der Waals surface area contributed by atoms with E-state index in [2.05, 4.69) is 24.4 Å². The number of nitrogen functional groups attached to an aromatic ring is 1. The van der Waals surface area contributed by atoms with Crippen LogP contribution in [0.5, 0.6) is 0 Å². The molecule has 2 aromatic rings. The van der Waals surface area contributed by atoms with E-state index in [1.807, 2.05) is 6.92 Å². The molecule has 1 unspecified atom stereocenters. The van der Waals surface area contributed by atoms with Crippen molar-refractivity contribution in [2.45, 2.75) is 26.3 Å². The zero-order chi connectivity index (χ0) is 14.7. The van der Waals surface area contributed by atoms with Crippen LogP contribution in [0.3, 0.4) is 0 Å². The van der Waals surface area contributed by atoms with Crippen molar-refractivity contribution in [3.05, 3.63) is 50.7 Å². The first-order valence-electron chi connectivity index (χ1n) is 6.37. The molecule has 0 spiro atoms. The normalized spacial score (nSPS) is 12.2. The third-order valence-corrected chi connectivity index (χ3v) is 4.20. The van der Waals surface area contributed by atoms with Gasteiger partial charge in [-0.05, 0) is 44.2 Å². The standard InChI is InChI=1S/C15H17ClN2OS/c1-9(7-12-5-3-10(2)20-12)18-15(19)13-6-4-11(16)8-14(13)17/h3-6,8-9H,7,17H2,1-2H3,(H,18,19). The highest BCUT2D eigenvalue weighted by atomic mass is 35.5. The van der Waals surface area contributed by atoms with Gasteiger partial charge in [-0.2, -0.15) is 0 Å². The van der Waals surface area contributed by atoms with Gasteiger partial charge in [0.15, 0.2) is 0 Å². The number of hydrogen-bond acceptors (Lipinski definition) is 3. The van der Waals surface area contributed by atoms with Gasteiger partial charge in [-0.1, -0.05) is 11.6 Å². The summed E-state index contributed by atoms with van der Waals surface area (Å²) in [6, 6.07) is 9.14. The van der Waals surface area contributed by atoms with Gasteiger partial charge in [0.05, 0.1) is 5.56 Å². The lowest BCUT2D eigenvalue weighted by molar-refractivity contribution is 0.0941. The molecular formula is C15H17ClN2OS. The Morgan fingerprint density at radius 1 is 1.40 bits per heavy atom. The van der Waals surface area contributed by atoms with E-state index in [9.17, 15) is 4.79 Å². The fraction of sp³-hybridized carbons (Fsp3) is 0.267. The highest BCUT2D eigenvalue weighted by Crippen LogP contribution is 2.19. The van der Waals surface area contributed by atoms with Crippen LogP contribution in [0.4, 0.5) is 5.69 Å². The van der Waals surface area contributed by atoms with Crippen LogP contribution < -0.4 is 11.1 Å². The largest absolute Gasteiger partial charge is 0.398 e. The number of benzene rings is 1. The van der Waals surface area contributed by atoms with E-state index in [4.69, 9.17) is 17.3 Å². The van der Waals surface area contributed by atoms with Crippen LogP contribution in [0.2, 0.25) is 5.02 Å². The van der Waals surface area contributed by atoms with E-state index in [1.165, 1.54) is 9.75 Å². The Balaban J connectivity index is 2.00. The number of anilines is 1. The summed E-state index contributed by atoms with van der Waals surface area (Å²) in [5.74, 6) is -0.167. The molecule has 0 aliphatic rings. The van der Waals surface area contributed by atoms with E-state index >= 15 is 0 Å². The lowest BCUT2D eigenvalue weighted by atomic mass is 10.1. The zero-order valence-electron chi connectivity index (χ0n) is 11.4. The van der Waals surface area contributed by atoms with Crippen molar-refractivity contribution in [3.8, 4) is 0 Å². The number of thiophene rings is 1. The Hall–Kier alpha value is -1.52. The number of carbonyl (C=O) groups is 1. The molecule has 3 nitrogen and oxygen atoms in total. The molecular weight excluding hydrogens is 292 g/mol. The number of amides is 1. The lowest BCUT2D eigenvalue weighted by Gasteiger charge is -2.14. The fourth-order valence-corrected chi connectivity index (χ4v) is 3.19. The van der Waals surface area contributed by atoms with E-state index in [0.29, 0.717) is 16.3 Å². The molecule has 1 atom stereocenters. The molecule has 1 aromatic heterocycles. The second-order valence-electron chi connectivity index (χ2n) is 4.82. The third kappa shape index (κ3) is 3.74. The van der Waals surface area contributed by atoms with Gasteiger partial charge in [0.1, 0.15) is 0 Å². The third-order valence-electron chi connectivity index (χ3n) is 2.94. The van der Waals surface area contributed by atoms with Crippen molar-refractivity contribution in [2.75, 3.05) is 5.73 Å². The Labute approximate surface area is 127 Å². The van der Waals surface area contributed by atoms with Gasteiger partial charge in [0.2, 0.25) is 0 Å². The average Bonchev–Trinajstić information content (AvgIpc) is 2.74. The average molecular weight is 309 g/mol. The maximum absolute atomic E-state index is 12.2. The van der Waals surface area contributed by atoms with Crippen molar-refractivity contribution >= 4 is 34.5 Å². The summed E-state index contributed by atoms with van der Waals surface area (Å²) in [5, 5.41) is 3.49. The highest BCUT2D eigenvalue weighted by Gasteiger charge is 2.13. The van der Waals surface area contributed by atoms with E-state index in [-0.39, 0.29) is 11.9 Å². The number of hydrogen-bond donors (Lipinski definition) is 2. The molecule has 1 heterocycles. The number of carbonyl (C=O) groups excluding carboxylic acids is 1. The minimum absolute atomic E-state index is 0.0515. The summed E-state index contributed by atoms with van der Waals surface area (Å²) in [6.07, 6.45) is 0.817. The second kappa shape index (κ2) is 6.29. The minimum Gasteiger partial charge on any atom is -0.398 e.